The quantitative estimate of drug-likeness (QED) is 0.537. The number of aromatic amines is 1. The van der Waals surface area contributed by atoms with Gasteiger partial charge in [0.1, 0.15) is 18.5 Å². The van der Waals surface area contributed by atoms with Crippen LogP contribution in [0.15, 0.2) is 53.3 Å². The van der Waals surface area contributed by atoms with Gasteiger partial charge < -0.3 is 4.84 Å². The van der Waals surface area contributed by atoms with Gasteiger partial charge in [-0.25, -0.2) is 0 Å². The molecule has 5 nitrogen and oxygen atoms in total. The fraction of sp³-hybridized carbons (Fsp3) is 0.286. The summed E-state index contributed by atoms with van der Waals surface area (Å²) in [7, 11) is 1.60. The van der Waals surface area contributed by atoms with E-state index in [1.807, 2.05) is 11.7 Å². The number of rotatable bonds is 5. The largest absolute Gasteiger partial charge is 0.399 e. The van der Waals surface area contributed by atoms with Crippen molar-refractivity contribution in [3.63, 3.8) is 0 Å². The molecule has 1 unspecified atom stereocenters. The Hall–Kier alpha value is -2.73. The highest BCUT2D eigenvalue weighted by Gasteiger charge is 2.39. The van der Waals surface area contributed by atoms with Crippen LogP contribution in [0.5, 0.6) is 0 Å². The number of hydrogen-bond acceptors (Lipinski definition) is 5. The summed E-state index contributed by atoms with van der Waals surface area (Å²) >= 11 is 1.69. The van der Waals surface area contributed by atoms with Gasteiger partial charge in [0.2, 0.25) is 0 Å². The molecule has 0 spiro atoms. The van der Waals surface area contributed by atoms with Crippen molar-refractivity contribution >= 4 is 23.1 Å². The summed E-state index contributed by atoms with van der Waals surface area (Å²) in [5.41, 5.74) is 7.10. The second kappa shape index (κ2) is 6.46. The molecule has 2 heterocycles. The Labute approximate surface area is 161 Å². The molecule has 1 aromatic carbocycles. The lowest BCUT2D eigenvalue weighted by Crippen LogP contribution is -2.29. The molecule has 0 bridgehead atoms. The van der Waals surface area contributed by atoms with Gasteiger partial charge in [-0.2, -0.15) is 5.10 Å². The highest BCUT2D eigenvalue weighted by atomic mass is 32.1. The van der Waals surface area contributed by atoms with Gasteiger partial charge in [0.05, 0.1) is 10.9 Å². The summed E-state index contributed by atoms with van der Waals surface area (Å²) in [5, 5.41) is 12.2. The molecule has 1 fully saturated rings. The van der Waals surface area contributed by atoms with Gasteiger partial charge in [-0.05, 0) is 18.4 Å². The Morgan fingerprint density at radius 3 is 2.85 bits per heavy atom. The summed E-state index contributed by atoms with van der Waals surface area (Å²) in [6, 6.07) is 10.6. The van der Waals surface area contributed by atoms with Crippen molar-refractivity contribution in [2.24, 2.45) is 11.1 Å². The molecule has 3 aromatic rings. The van der Waals surface area contributed by atoms with Crippen molar-refractivity contribution in [1.82, 2.24) is 15.2 Å². The highest BCUT2D eigenvalue weighted by Crippen LogP contribution is 2.44. The number of thiazole rings is 1. The number of H-pyrrole nitrogens is 1. The van der Waals surface area contributed by atoms with Crippen molar-refractivity contribution in [3.8, 4) is 0 Å². The van der Waals surface area contributed by atoms with E-state index < -0.39 is 0 Å². The third-order valence-corrected chi connectivity index (χ3v) is 6.38. The van der Waals surface area contributed by atoms with Crippen LogP contribution in [0.2, 0.25) is 0 Å². The minimum Gasteiger partial charge on any atom is -0.399 e. The molecule has 2 aromatic heterocycles. The average Bonchev–Trinajstić information content (AvgIpc) is 3.24. The van der Waals surface area contributed by atoms with Crippen molar-refractivity contribution in [2.45, 2.75) is 24.7 Å². The molecular weight excluding hydrogens is 356 g/mol. The van der Waals surface area contributed by atoms with Crippen LogP contribution in [0.3, 0.4) is 0 Å². The molecule has 2 aliphatic carbocycles. The number of fused-ring (bicyclic) bond motifs is 1. The Morgan fingerprint density at radius 2 is 2.15 bits per heavy atom. The number of nitrogens with zero attached hydrogens (tertiary/aromatic N) is 3. The molecule has 0 aliphatic heterocycles. The van der Waals surface area contributed by atoms with Gasteiger partial charge in [-0.1, -0.05) is 47.6 Å². The molecule has 0 amide bonds. The van der Waals surface area contributed by atoms with Gasteiger partial charge in [0, 0.05) is 34.7 Å². The highest BCUT2D eigenvalue weighted by molar-refractivity contribution is 7.09. The second-order valence-corrected chi connectivity index (χ2v) is 8.00. The van der Waals surface area contributed by atoms with Crippen LogP contribution >= 0.6 is 11.3 Å². The molecular formula is C21H20N4OS. The first kappa shape index (κ1) is 16.4. The second-order valence-electron chi connectivity index (χ2n) is 7.11. The topological polar surface area (TPSA) is 63.2 Å². The first-order valence-corrected chi connectivity index (χ1v) is 10.0. The normalized spacial score (nSPS) is 21.9. The Morgan fingerprint density at radius 1 is 1.30 bits per heavy atom. The fourth-order valence-electron chi connectivity index (χ4n) is 3.91. The van der Waals surface area contributed by atoms with Crippen LogP contribution in [0.4, 0.5) is 0 Å². The number of hydrogen-bond donors (Lipinski definition) is 1. The van der Waals surface area contributed by atoms with E-state index in [0.29, 0.717) is 5.92 Å². The zero-order valence-corrected chi connectivity index (χ0v) is 15.9. The smallest absolute Gasteiger partial charge is 0.117 e. The molecule has 136 valence electrons. The molecule has 1 saturated carbocycles. The van der Waals surface area contributed by atoms with Crippen LogP contribution in [0, 0.1) is 5.92 Å². The van der Waals surface area contributed by atoms with Crippen molar-refractivity contribution in [1.29, 1.82) is 0 Å². The first-order valence-electron chi connectivity index (χ1n) is 9.14. The molecule has 1 N–H and O–H groups in total. The standard InChI is InChI=1S/C21H20N4OS/c1-26-25-19(14-7-8-14)20-16-9-10-21(11-17(16)23-24-20,18-12-22-13-27-18)15-5-3-2-4-6-15/h2-6,9-10,12-14H,7-8,11H2,1H3,(H,23,24)/b25-19+. The maximum absolute atomic E-state index is 5.09. The molecule has 6 heteroatoms. The lowest BCUT2D eigenvalue weighted by atomic mass is 9.72. The minimum atomic E-state index is -0.225. The Bertz CT molecular complexity index is 1000. The fourth-order valence-corrected chi connectivity index (χ4v) is 4.73. The van der Waals surface area contributed by atoms with Gasteiger partial charge in [0.25, 0.3) is 0 Å². The molecule has 2 aliphatic rings. The number of aromatic nitrogens is 3. The predicted octanol–water partition coefficient (Wildman–Crippen LogP) is 4.18. The number of oxime groups is 1. The summed E-state index contributed by atoms with van der Waals surface area (Å²) in [6.07, 6.45) is 9.60. The summed E-state index contributed by atoms with van der Waals surface area (Å²) in [6.45, 7) is 0. The van der Waals surface area contributed by atoms with Crippen LogP contribution in [0.25, 0.3) is 6.08 Å². The van der Waals surface area contributed by atoms with E-state index >= 15 is 0 Å². The zero-order valence-electron chi connectivity index (χ0n) is 15.1. The Balaban J connectivity index is 1.61. The van der Waals surface area contributed by atoms with E-state index in [0.717, 1.165) is 41.9 Å². The van der Waals surface area contributed by atoms with Crippen molar-refractivity contribution in [3.05, 3.63) is 75.5 Å². The van der Waals surface area contributed by atoms with Crippen molar-refractivity contribution < 1.29 is 4.84 Å². The number of benzene rings is 1. The predicted molar refractivity (Wildman–Crippen MR) is 107 cm³/mol. The molecule has 5 rings (SSSR count). The summed E-state index contributed by atoms with van der Waals surface area (Å²) in [4.78, 5) is 10.7. The monoisotopic (exact) mass is 376 g/mol. The lowest BCUT2D eigenvalue weighted by molar-refractivity contribution is 0.212. The van der Waals surface area contributed by atoms with Crippen LogP contribution in [-0.4, -0.2) is 28.0 Å². The van der Waals surface area contributed by atoms with Gasteiger partial charge in [-0.3, -0.25) is 10.1 Å². The van der Waals surface area contributed by atoms with E-state index in [1.54, 1.807) is 18.4 Å². The summed E-state index contributed by atoms with van der Waals surface area (Å²) in [5.74, 6) is 0.466. The number of nitrogens with one attached hydrogen (secondary N) is 1. The van der Waals surface area contributed by atoms with Crippen molar-refractivity contribution in [2.75, 3.05) is 7.11 Å². The maximum atomic E-state index is 5.09. The lowest BCUT2D eigenvalue weighted by Gasteiger charge is -2.32. The maximum Gasteiger partial charge on any atom is 0.117 e. The summed E-state index contributed by atoms with van der Waals surface area (Å²) < 4.78 is 0. The van der Waals surface area contributed by atoms with Gasteiger partial charge >= 0.3 is 0 Å². The van der Waals surface area contributed by atoms with Crippen LogP contribution in [0.1, 0.15) is 40.2 Å². The minimum absolute atomic E-state index is 0.225. The molecule has 1 atom stereocenters. The average molecular weight is 376 g/mol. The SMILES string of the molecule is CO/N=C(/c1n[nH]c2c1C=CC(c1ccccc1)(c1cncs1)C2)C1CC1. The van der Waals surface area contributed by atoms with E-state index in [2.05, 4.69) is 62.8 Å². The van der Waals surface area contributed by atoms with E-state index in [-0.39, 0.29) is 5.41 Å². The van der Waals surface area contributed by atoms with Crippen LogP contribution < -0.4 is 0 Å². The van der Waals surface area contributed by atoms with E-state index in [9.17, 15) is 0 Å². The number of allylic oxidation sites excluding steroid dienone is 1. The first-order chi connectivity index (χ1) is 13.3. The third kappa shape index (κ3) is 2.72. The molecule has 0 radical (unpaired) electrons. The van der Waals surface area contributed by atoms with Gasteiger partial charge in [0.15, 0.2) is 0 Å². The van der Waals surface area contributed by atoms with Gasteiger partial charge in [-0.15, -0.1) is 11.3 Å². The van der Waals surface area contributed by atoms with Crippen LogP contribution in [-0.2, 0) is 16.7 Å². The molecule has 27 heavy (non-hydrogen) atoms. The third-order valence-electron chi connectivity index (χ3n) is 5.43. The Kier molecular flexibility index (Phi) is 3.93. The van der Waals surface area contributed by atoms with E-state index in [4.69, 9.17) is 4.84 Å². The molecule has 0 saturated heterocycles. The zero-order chi connectivity index (χ0) is 18.3. The van der Waals surface area contributed by atoms with E-state index in [1.165, 1.54) is 10.4 Å².